The summed E-state index contributed by atoms with van der Waals surface area (Å²) in [5.41, 5.74) is 1.35. The fourth-order valence-corrected chi connectivity index (χ4v) is 3.91. The molecule has 0 aromatic heterocycles. The highest BCUT2D eigenvalue weighted by atomic mass is 19.1. The Bertz CT molecular complexity index is 842. The summed E-state index contributed by atoms with van der Waals surface area (Å²) in [4.78, 5) is 29.1. The van der Waals surface area contributed by atoms with Crippen molar-refractivity contribution in [1.82, 2.24) is 15.1 Å². The number of hydrogen-bond donors (Lipinski definition) is 1. The number of rotatable bonds is 4. The van der Waals surface area contributed by atoms with Crippen LogP contribution in [0.2, 0.25) is 0 Å². The molecule has 0 bridgehead atoms. The number of nitrogens with one attached hydrogen (secondary N) is 1. The second-order valence-electron chi connectivity index (χ2n) is 7.06. The lowest BCUT2D eigenvalue weighted by Crippen LogP contribution is -2.66. The highest BCUT2D eigenvalue weighted by Gasteiger charge is 2.47. The van der Waals surface area contributed by atoms with Crippen LogP contribution in [-0.2, 0) is 17.9 Å². The number of nitrogens with zero attached hydrogens (tertiary/aromatic N) is 2. The van der Waals surface area contributed by atoms with Crippen LogP contribution in [0.3, 0.4) is 0 Å². The van der Waals surface area contributed by atoms with Crippen LogP contribution in [0.25, 0.3) is 0 Å². The van der Waals surface area contributed by atoms with Gasteiger partial charge >= 0.3 is 6.03 Å². The molecule has 2 aromatic carbocycles. The number of carbonyl (C=O) groups is 2. The van der Waals surface area contributed by atoms with Gasteiger partial charge in [-0.2, -0.15) is 0 Å². The molecule has 2 aliphatic heterocycles. The Morgan fingerprint density at radius 1 is 1.00 bits per heavy atom. The molecule has 5 nitrogen and oxygen atoms in total. The molecule has 140 valence electrons. The smallest absolute Gasteiger partial charge is 0.303 e. The third kappa shape index (κ3) is 3.45. The Morgan fingerprint density at radius 2 is 1.74 bits per heavy atom. The van der Waals surface area contributed by atoms with Gasteiger partial charge in [0.2, 0.25) is 5.91 Å². The van der Waals surface area contributed by atoms with Gasteiger partial charge in [-0.1, -0.05) is 48.5 Å². The molecule has 1 N–H and O–H groups in total. The summed E-state index contributed by atoms with van der Waals surface area (Å²) in [5.74, 6) is -0.790. The van der Waals surface area contributed by atoms with E-state index in [1.54, 1.807) is 23.1 Å². The van der Waals surface area contributed by atoms with Crippen molar-refractivity contribution in [2.75, 3.05) is 6.54 Å². The first-order valence-electron chi connectivity index (χ1n) is 9.28. The lowest BCUT2D eigenvalue weighted by Gasteiger charge is -2.47. The molecule has 0 radical (unpaired) electrons. The van der Waals surface area contributed by atoms with Gasteiger partial charge < -0.3 is 4.90 Å². The number of imide groups is 1. The third-order valence-electron chi connectivity index (χ3n) is 5.30. The Kier molecular flexibility index (Phi) is 4.90. The van der Waals surface area contributed by atoms with Gasteiger partial charge in [0.1, 0.15) is 5.82 Å². The molecule has 2 unspecified atom stereocenters. The monoisotopic (exact) mass is 367 g/mol. The molecule has 2 aromatic rings. The Morgan fingerprint density at radius 3 is 2.52 bits per heavy atom. The Hall–Kier alpha value is -2.73. The fourth-order valence-electron chi connectivity index (χ4n) is 3.91. The van der Waals surface area contributed by atoms with Gasteiger partial charge in [-0.25, -0.2) is 9.18 Å². The maximum absolute atomic E-state index is 14.2. The van der Waals surface area contributed by atoms with Gasteiger partial charge in [-0.05, 0) is 31.0 Å². The molecule has 0 saturated carbocycles. The number of piperidine rings is 1. The zero-order chi connectivity index (χ0) is 18.8. The minimum atomic E-state index is -0.384. The maximum Gasteiger partial charge on any atom is 0.328 e. The lowest BCUT2D eigenvalue weighted by atomic mass is 9.91. The first-order valence-corrected chi connectivity index (χ1v) is 9.28. The average Bonchev–Trinajstić information content (AvgIpc) is 2.70. The van der Waals surface area contributed by atoms with Crippen molar-refractivity contribution < 1.29 is 14.0 Å². The first-order chi connectivity index (χ1) is 13.1. The van der Waals surface area contributed by atoms with Crippen molar-refractivity contribution in [3.63, 3.8) is 0 Å². The maximum atomic E-state index is 14.2. The van der Waals surface area contributed by atoms with Gasteiger partial charge in [0.15, 0.2) is 0 Å². The van der Waals surface area contributed by atoms with Gasteiger partial charge in [-0.15, -0.1) is 0 Å². The van der Waals surface area contributed by atoms with Gasteiger partial charge in [0.05, 0.1) is 25.2 Å². The van der Waals surface area contributed by atoms with E-state index >= 15 is 0 Å². The molecule has 2 fully saturated rings. The van der Waals surface area contributed by atoms with Crippen LogP contribution < -0.4 is 5.32 Å². The summed E-state index contributed by atoms with van der Waals surface area (Å²) < 4.78 is 14.2. The van der Waals surface area contributed by atoms with E-state index in [0.717, 1.165) is 24.9 Å². The van der Waals surface area contributed by atoms with Crippen molar-refractivity contribution in [1.29, 1.82) is 0 Å². The van der Waals surface area contributed by atoms with Gasteiger partial charge in [0.25, 0.3) is 0 Å². The Labute approximate surface area is 157 Å². The molecule has 0 spiro atoms. The zero-order valence-electron chi connectivity index (χ0n) is 15.0. The average molecular weight is 367 g/mol. The SMILES string of the molecule is O=C1C2CCCNC2N(Cc2ccccc2F)C(=O)N1Cc1ccccc1. The van der Waals surface area contributed by atoms with E-state index in [4.69, 9.17) is 0 Å². The van der Waals surface area contributed by atoms with Gasteiger partial charge in [0, 0.05) is 5.56 Å². The summed E-state index contributed by atoms with van der Waals surface area (Å²) >= 11 is 0. The fraction of sp³-hybridized carbons (Fsp3) is 0.333. The summed E-state index contributed by atoms with van der Waals surface area (Å²) in [6.07, 6.45) is 1.22. The standard InChI is InChI=1S/C21H22FN3O2/c22-18-11-5-4-9-16(18)14-24-19-17(10-6-12-23-19)20(26)25(21(24)27)13-15-7-2-1-3-8-15/h1-5,7-9,11,17,19,23H,6,10,12-14H2. The minimum Gasteiger partial charge on any atom is -0.303 e. The summed E-state index contributed by atoms with van der Waals surface area (Å²) in [6, 6.07) is 15.5. The molecular weight excluding hydrogens is 345 g/mol. The highest BCUT2D eigenvalue weighted by Crippen LogP contribution is 2.30. The van der Waals surface area contributed by atoms with Crippen LogP contribution in [0.15, 0.2) is 54.6 Å². The molecule has 2 atom stereocenters. The normalized spacial score (nSPS) is 22.7. The van der Waals surface area contributed by atoms with E-state index < -0.39 is 0 Å². The molecule has 4 rings (SSSR count). The topological polar surface area (TPSA) is 52.7 Å². The van der Waals surface area contributed by atoms with Crippen LogP contribution in [0, 0.1) is 11.7 Å². The van der Waals surface area contributed by atoms with Crippen molar-refractivity contribution in [3.05, 3.63) is 71.5 Å². The lowest BCUT2D eigenvalue weighted by molar-refractivity contribution is -0.142. The molecule has 0 aliphatic carbocycles. The van der Waals surface area contributed by atoms with Crippen molar-refractivity contribution >= 4 is 11.9 Å². The number of halogens is 1. The van der Waals surface area contributed by atoms with E-state index in [1.807, 2.05) is 30.3 Å². The molecule has 3 amide bonds. The van der Waals surface area contributed by atoms with E-state index in [1.165, 1.54) is 11.0 Å². The van der Waals surface area contributed by atoms with Crippen molar-refractivity contribution in [3.8, 4) is 0 Å². The summed E-state index contributed by atoms with van der Waals surface area (Å²) in [6.45, 7) is 1.11. The second-order valence-corrected chi connectivity index (χ2v) is 7.06. The molecule has 6 heteroatoms. The third-order valence-corrected chi connectivity index (χ3v) is 5.30. The van der Waals surface area contributed by atoms with E-state index in [2.05, 4.69) is 5.32 Å². The van der Waals surface area contributed by atoms with E-state index in [0.29, 0.717) is 5.56 Å². The molecule has 2 heterocycles. The molecular formula is C21H22FN3O2. The number of benzene rings is 2. The molecule has 2 saturated heterocycles. The van der Waals surface area contributed by atoms with Crippen molar-refractivity contribution in [2.45, 2.75) is 32.1 Å². The number of urea groups is 1. The van der Waals surface area contributed by atoms with E-state index in [-0.39, 0.29) is 42.9 Å². The summed E-state index contributed by atoms with van der Waals surface area (Å²) in [7, 11) is 0. The predicted octanol–water partition coefficient (Wildman–Crippen LogP) is 3.12. The van der Waals surface area contributed by atoms with Crippen LogP contribution in [0.4, 0.5) is 9.18 Å². The first kappa shape index (κ1) is 17.7. The molecule has 27 heavy (non-hydrogen) atoms. The molecule has 2 aliphatic rings. The highest BCUT2D eigenvalue weighted by molar-refractivity contribution is 5.98. The van der Waals surface area contributed by atoms with E-state index in [9.17, 15) is 14.0 Å². The van der Waals surface area contributed by atoms with Crippen LogP contribution >= 0.6 is 0 Å². The van der Waals surface area contributed by atoms with Crippen molar-refractivity contribution in [2.24, 2.45) is 5.92 Å². The van der Waals surface area contributed by atoms with Crippen LogP contribution in [0.1, 0.15) is 24.0 Å². The van der Waals surface area contributed by atoms with Gasteiger partial charge in [-0.3, -0.25) is 15.0 Å². The Balaban J connectivity index is 1.64. The largest absolute Gasteiger partial charge is 0.328 e. The van der Waals surface area contributed by atoms with Crippen LogP contribution in [0.5, 0.6) is 0 Å². The second kappa shape index (κ2) is 7.48. The number of carbonyl (C=O) groups excluding carboxylic acids is 2. The summed E-state index contributed by atoms with van der Waals surface area (Å²) in [5, 5.41) is 3.29. The number of hydrogen-bond acceptors (Lipinski definition) is 3. The number of amides is 3. The zero-order valence-corrected chi connectivity index (χ0v) is 15.0. The van der Waals surface area contributed by atoms with Crippen LogP contribution in [-0.4, -0.2) is 34.4 Å². The predicted molar refractivity (Wildman–Crippen MR) is 98.8 cm³/mol. The minimum absolute atomic E-state index is 0.137. The number of fused-ring (bicyclic) bond motifs is 1. The quantitative estimate of drug-likeness (QED) is 0.903.